The van der Waals surface area contributed by atoms with Gasteiger partial charge >= 0.3 is 5.97 Å². The van der Waals surface area contributed by atoms with Crippen LogP contribution in [0.25, 0.3) is 0 Å². The van der Waals surface area contributed by atoms with Crippen LogP contribution in [0.5, 0.6) is 17.2 Å². The molecule has 1 aliphatic heterocycles. The number of hydrogen-bond acceptors (Lipinski definition) is 7. The van der Waals surface area contributed by atoms with E-state index >= 15 is 0 Å². The highest BCUT2D eigenvalue weighted by molar-refractivity contribution is 5.96. The van der Waals surface area contributed by atoms with Crippen molar-refractivity contribution in [2.24, 2.45) is 0 Å². The average Bonchev–Trinajstić information content (AvgIpc) is 3.22. The van der Waals surface area contributed by atoms with E-state index < -0.39 is 0 Å². The molecule has 0 radical (unpaired) electrons. The van der Waals surface area contributed by atoms with Crippen molar-refractivity contribution in [3.63, 3.8) is 0 Å². The molecular formula is C19H27NO7. The second-order valence-corrected chi connectivity index (χ2v) is 6.13. The van der Waals surface area contributed by atoms with Crippen LogP contribution in [0, 0.1) is 0 Å². The molecule has 0 bridgehead atoms. The molecule has 2 rings (SSSR count). The second-order valence-electron chi connectivity index (χ2n) is 6.13. The number of methoxy groups -OCH3 is 4. The molecule has 0 saturated carbocycles. The van der Waals surface area contributed by atoms with E-state index in [-0.39, 0.29) is 30.9 Å². The third-order valence-corrected chi connectivity index (χ3v) is 4.46. The number of carbonyl (C=O) groups excluding carboxylic acids is 2. The van der Waals surface area contributed by atoms with Crippen molar-refractivity contribution in [2.75, 3.05) is 48.1 Å². The van der Waals surface area contributed by atoms with Crippen LogP contribution in [-0.2, 0) is 14.3 Å². The van der Waals surface area contributed by atoms with Gasteiger partial charge in [-0.25, -0.2) is 0 Å². The van der Waals surface area contributed by atoms with Crippen LogP contribution in [0.4, 0.5) is 0 Å². The van der Waals surface area contributed by atoms with Crippen molar-refractivity contribution in [3.05, 3.63) is 17.7 Å². The van der Waals surface area contributed by atoms with E-state index in [0.29, 0.717) is 36.0 Å². The first-order valence-corrected chi connectivity index (χ1v) is 8.81. The summed E-state index contributed by atoms with van der Waals surface area (Å²) < 4.78 is 26.3. The smallest absolute Gasteiger partial charge is 0.307 e. The number of esters is 1. The fraction of sp³-hybridized carbons (Fsp3) is 0.579. The number of rotatable bonds is 9. The van der Waals surface area contributed by atoms with Crippen molar-refractivity contribution in [2.45, 2.75) is 25.4 Å². The molecular weight excluding hydrogens is 354 g/mol. The molecule has 1 amide bonds. The zero-order valence-electron chi connectivity index (χ0n) is 16.3. The second kappa shape index (κ2) is 10.0. The summed E-state index contributed by atoms with van der Waals surface area (Å²) in [4.78, 5) is 26.3. The van der Waals surface area contributed by atoms with Gasteiger partial charge < -0.3 is 28.6 Å². The quantitative estimate of drug-likeness (QED) is 0.604. The van der Waals surface area contributed by atoms with Gasteiger partial charge in [-0.15, -0.1) is 0 Å². The van der Waals surface area contributed by atoms with Crippen LogP contribution in [0.15, 0.2) is 12.1 Å². The van der Waals surface area contributed by atoms with Crippen molar-refractivity contribution in [1.82, 2.24) is 4.90 Å². The summed E-state index contributed by atoms with van der Waals surface area (Å²) in [7, 11) is 5.82. The number of carbonyl (C=O) groups is 2. The number of amides is 1. The van der Waals surface area contributed by atoms with E-state index in [1.807, 2.05) is 0 Å². The van der Waals surface area contributed by atoms with Gasteiger partial charge in [-0.05, 0) is 25.0 Å². The Bertz CT molecular complexity index is 630. The molecule has 1 atom stereocenters. The van der Waals surface area contributed by atoms with E-state index in [4.69, 9.17) is 23.7 Å². The normalized spacial score (nSPS) is 15.9. The Labute approximate surface area is 159 Å². The molecule has 27 heavy (non-hydrogen) atoms. The minimum atomic E-state index is -0.370. The molecule has 1 unspecified atom stereocenters. The van der Waals surface area contributed by atoms with Crippen LogP contribution < -0.4 is 14.2 Å². The van der Waals surface area contributed by atoms with Gasteiger partial charge in [-0.2, -0.15) is 0 Å². The predicted octanol–water partition coefficient (Wildman–Crippen LogP) is 1.90. The maximum absolute atomic E-state index is 13.1. The highest BCUT2D eigenvalue weighted by Crippen LogP contribution is 2.38. The summed E-state index contributed by atoms with van der Waals surface area (Å²) >= 11 is 0. The molecule has 1 fully saturated rings. The van der Waals surface area contributed by atoms with Crippen molar-refractivity contribution >= 4 is 11.9 Å². The van der Waals surface area contributed by atoms with Gasteiger partial charge in [0, 0.05) is 25.3 Å². The lowest BCUT2D eigenvalue weighted by Gasteiger charge is -2.26. The zero-order valence-corrected chi connectivity index (χ0v) is 16.3. The number of nitrogens with zero attached hydrogens (tertiary/aromatic N) is 1. The Hall–Kier alpha value is -2.48. The summed E-state index contributed by atoms with van der Waals surface area (Å²) in [5, 5.41) is 0. The van der Waals surface area contributed by atoms with Crippen LogP contribution in [0.1, 0.15) is 29.6 Å². The number of hydrogen-bond donors (Lipinski definition) is 0. The van der Waals surface area contributed by atoms with Crippen LogP contribution in [-0.4, -0.2) is 71.0 Å². The van der Waals surface area contributed by atoms with Gasteiger partial charge in [0.1, 0.15) is 0 Å². The van der Waals surface area contributed by atoms with Crippen molar-refractivity contribution in [3.8, 4) is 17.2 Å². The Kier molecular flexibility index (Phi) is 7.72. The summed E-state index contributed by atoms with van der Waals surface area (Å²) in [5.41, 5.74) is 0.382. The minimum absolute atomic E-state index is 0.0337. The van der Waals surface area contributed by atoms with Crippen molar-refractivity contribution < 1.29 is 33.3 Å². The van der Waals surface area contributed by atoms with Gasteiger partial charge in [-0.1, -0.05) is 0 Å². The van der Waals surface area contributed by atoms with Gasteiger partial charge in [-0.3, -0.25) is 9.59 Å². The first-order valence-electron chi connectivity index (χ1n) is 8.81. The highest BCUT2D eigenvalue weighted by Gasteiger charge is 2.26. The Morgan fingerprint density at radius 1 is 1.11 bits per heavy atom. The monoisotopic (exact) mass is 381 g/mol. The molecule has 0 aliphatic carbocycles. The number of ether oxygens (including phenoxy) is 5. The first kappa shape index (κ1) is 20.8. The first-order chi connectivity index (χ1) is 13.0. The average molecular weight is 381 g/mol. The minimum Gasteiger partial charge on any atom is -0.493 e. The van der Waals surface area contributed by atoms with Gasteiger partial charge in [0.05, 0.1) is 41.0 Å². The SMILES string of the molecule is COC(=O)CCN(CC1CCCO1)C(=O)c1cc(OC)c(OC)c(OC)c1. The molecule has 0 aromatic heterocycles. The molecule has 8 nitrogen and oxygen atoms in total. The van der Waals surface area contributed by atoms with Crippen LogP contribution >= 0.6 is 0 Å². The van der Waals surface area contributed by atoms with E-state index in [1.54, 1.807) is 17.0 Å². The van der Waals surface area contributed by atoms with E-state index in [1.165, 1.54) is 28.4 Å². The molecule has 1 aromatic carbocycles. The molecule has 8 heteroatoms. The van der Waals surface area contributed by atoms with E-state index in [9.17, 15) is 9.59 Å². The summed E-state index contributed by atoms with van der Waals surface area (Å²) in [6.07, 6.45) is 1.93. The predicted molar refractivity (Wildman–Crippen MR) is 97.6 cm³/mol. The summed E-state index contributed by atoms with van der Waals surface area (Å²) in [6.45, 7) is 1.34. The number of benzene rings is 1. The highest BCUT2D eigenvalue weighted by atomic mass is 16.5. The molecule has 1 aromatic rings. The molecule has 150 valence electrons. The lowest BCUT2D eigenvalue weighted by molar-refractivity contribution is -0.140. The fourth-order valence-electron chi connectivity index (χ4n) is 3.03. The topological polar surface area (TPSA) is 83.5 Å². The Balaban J connectivity index is 2.27. The molecule has 1 saturated heterocycles. The maximum atomic E-state index is 13.1. The van der Waals surface area contributed by atoms with Gasteiger partial charge in [0.15, 0.2) is 11.5 Å². The van der Waals surface area contributed by atoms with Gasteiger partial charge in [0.25, 0.3) is 5.91 Å². The molecule has 1 heterocycles. The standard InChI is InChI=1S/C19H27NO7/c1-23-15-10-13(11-16(24-2)18(15)26-4)19(22)20(8-7-17(21)25-3)12-14-6-5-9-27-14/h10-11,14H,5-9,12H2,1-4H3. The lowest BCUT2D eigenvalue weighted by atomic mass is 10.1. The Morgan fingerprint density at radius 2 is 1.78 bits per heavy atom. The summed E-state index contributed by atoms with van der Waals surface area (Å²) in [6, 6.07) is 3.20. The summed E-state index contributed by atoms with van der Waals surface area (Å²) in [5.74, 6) is 0.589. The van der Waals surface area contributed by atoms with Crippen LogP contribution in [0.3, 0.4) is 0 Å². The van der Waals surface area contributed by atoms with Crippen molar-refractivity contribution in [1.29, 1.82) is 0 Å². The maximum Gasteiger partial charge on any atom is 0.307 e. The third kappa shape index (κ3) is 5.26. The molecule has 0 spiro atoms. The van der Waals surface area contributed by atoms with E-state index in [2.05, 4.69) is 0 Å². The molecule has 1 aliphatic rings. The van der Waals surface area contributed by atoms with E-state index in [0.717, 1.165) is 12.8 Å². The van der Waals surface area contributed by atoms with Crippen LogP contribution in [0.2, 0.25) is 0 Å². The fourth-order valence-corrected chi connectivity index (χ4v) is 3.03. The third-order valence-electron chi connectivity index (χ3n) is 4.46. The Morgan fingerprint density at radius 3 is 2.26 bits per heavy atom. The van der Waals surface area contributed by atoms with Gasteiger partial charge in [0.2, 0.25) is 5.75 Å². The zero-order chi connectivity index (χ0) is 19.8. The largest absolute Gasteiger partial charge is 0.493 e. The lowest BCUT2D eigenvalue weighted by Crippen LogP contribution is -2.39. The molecule has 0 N–H and O–H groups in total.